The number of rotatable bonds is 4. The third-order valence-corrected chi connectivity index (χ3v) is 4.77. The molecule has 1 unspecified atom stereocenters. The third-order valence-electron chi connectivity index (χ3n) is 3.58. The van der Waals surface area contributed by atoms with Gasteiger partial charge in [0.1, 0.15) is 0 Å². The first-order valence-corrected chi connectivity index (χ1v) is 6.92. The highest BCUT2D eigenvalue weighted by Crippen LogP contribution is 2.47. The smallest absolute Gasteiger partial charge is 0.407 e. The maximum atomic E-state index is 11.1. The zero-order valence-corrected chi connectivity index (χ0v) is 11.3. The van der Waals surface area contributed by atoms with E-state index >= 15 is 0 Å². The van der Waals surface area contributed by atoms with E-state index in [1.165, 1.54) is 20.0 Å². The number of hydrogen-bond donors (Lipinski definition) is 1. The molecule has 2 aliphatic rings. The first kappa shape index (κ1) is 12.2. The van der Waals surface area contributed by atoms with Crippen LogP contribution in [0.5, 0.6) is 0 Å². The van der Waals surface area contributed by atoms with Crippen molar-refractivity contribution >= 4 is 22.0 Å². The van der Waals surface area contributed by atoms with Crippen LogP contribution in [0, 0.1) is 5.41 Å². The van der Waals surface area contributed by atoms with Crippen LogP contribution in [-0.2, 0) is 4.74 Å². The Labute approximate surface area is 105 Å². The minimum absolute atomic E-state index is 0.263. The molecule has 0 bridgehead atoms. The van der Waals surface area contributed by atoms with Crippen LogP contribution in [0.3, 0.4) is 0 Å². The van der Waals surface area contributed by atoms with Crippen LogP contribution in [0.1, 0.15) is 19.3 Å². The fourth-order valence-electron chi connectivity index (χ4n) is 2.30. The second kappa shape index (κ2) is 4.92. The van der Waals surface area contributed by atoms with Gasteiger partial charge in [-0.15, -0.1) is 0 Å². The number of alkyl carbamates (subject to hydrolysis) is 1. The molecule has 0 aromatic rings. The summed E-state index contributed by atoms with van der Waals surface area (Å²) in [5.41, 5.74) is 0.528. The largest absolute Gasteiger partial charge is 0.453 e. The van der Waals surface area contributed by atoms with E-state index < -0.39 is 0 Å². The highest BCUT2D eigenvalue weighted by atomic mass is 79.9. The Hall–Kier alpha value is -0.290. The lowest BCUT2D eigenvalue weighted by Crippen LogP contribution is -2.38. The number of methoxy groups -OCH3 is 1. The Morgan fingerprint density at radius 3 is 2.94 bits per heavy atom. The molecule has 5 heteroatoms. The first-order chi connectivity index (χ1) is 7.67. The second-order valence-electron chi connectivity index (χ2n) is 4.99. The van der Waals surface area contributed by atoms with Gasteiger partial charge in [0.2, 0.25) is 0 Å². The van der Waals surface area contributed by atoms with Gasteiger partial charge in [-0.25, -0.2) is 4.79 Å². The summed E-state index contributed by atoms with van der Waals surface area (Å²) in [4.78, 5) is 13.5. The molecule has 1 amide bonds. The third kappa shape index (κ3) is 2.88. The molecule has 92 valence electrons. The van der Waals surface area contributed by atoms with Gasteiger partial charge in [0, 0.05) is 31.0 Å². The summed E-state index contributed by atoms with van der Waals surface area (Å²) in [7, 11) is 1.41. The first-order valence-electron chi connectivity index (χ1n) is 5.80. The monoisotopic (exact) mass is 290 g/mol. The molecule has 0 spiro atoms. The minimum atomic E-state index is -0.312. The SMILES string of the molecule is COC(=O)NC1CCN(CC2(CBr)CC2)C1. The van der Waals surface area contributed by atoms with E-state index in [0.717, 1.165) is 31.4 Å². The molecule has 0 aromatic carbocycles. The van der Waals surface area contributed by atoms with Gasteiger partial charge < -0.3 is 15.0 Å². The lowest BCUT2D eigenvalue weighted by atomic mass is 10.1. The van der Waals surface area contributed by atoms with E-state index in [2.05, 4.69) is 30.9 Å². The molecule has 16 heavy (non-hydrogen) atoms. The number of ether oxygens (including phenoxy) is 1. The van der Waals surface area contributed by atoms with E-state index in [4.69, 9.17) is 0 Å². The molecule has 1 N–H and O–H groups in total. The Kier molecular flexibility index (Phi) is 3.74. The predicted molar refractivity (Wildman–Crippen MR) is 65.8 cm³/mol. The summed E-state index contributed by atoms with van der Waals surface area (Å²) in [6.07, 6.45) is 3.40. The van der Waals surface area contributed by atoms with Crippen molar-refractivity contribution in [3.63, 3.8) is 0 Å². The Bertz CT molecular complexity index is 269. The topological polar surface area (TPSA) is 41.6 Å². The number of alkyl halides is 1. The van der Waals surface area contributed by atoms with Crippen LogP contribution in [0.4, 0.5) is 4.79 Å². The zero-order valence-electron chi connectivity index (χ0n) is 9.67. The van der Waals surface area contributed by atoms with Crippen LogP contribution >= 0.6 is 15.9 Å². The molecule has 2 fully saturated rings. The van der Waals surface area contributed by atoms with Gasteiger partial charge in [0.15, 0.2) is 0 Å². The van der Waals surface area contributed by atoms with Crippen LogP contribution in [0.25, 0.3) is 0 Å². The summed E-state index contributed by atoms with van der Waals surface area (Å²) in [5.74, 6) is 0. The Morgan fingerprint density at radius 2 is 2.38 bits per heavy atom. The molecule has 0 radical (unpaired) electrons. The average Bonchev–Trinajstić information content (AvgIpc) is 2.93. The van der Waals surface area contributed by atoms with E-state index in [0.29, 0.717) is 5.41 Å². The van der Waals surface area contributed by atoms with Crippen molar-refractivity contribution in [2.45, 2.75) is 25.3 Å². The van der Waals surface area contributed by atoms with E-state index in [1.54, 1.807) is 0 Å². The number of carbonyl (C=O) groups excluding carboxylic acids is 1. The number of carbonyl (C=O) groups is 1. The van der Waals surface area contributed by atoms with Crippen molar-refractivity contribution in [3.8, 4) is 0 Å². The highest BCUT2D eigenvalue weighted by molar-refractivity contribution is 9.09. The fraction of sp³-hybridized carbons (Fsp3) is 0.909. The van der Waals surface area contributed by atoms with Gasteiger partial charge in [-0.05, 0) is 24.7 Å². The summed E-state index contributed by atoms with van der Waals surface area (Å²) in [5, 5.41) is 3.97. The second-order valence-corrected chi connectivity index (χ2v) is 5.55. The van der Waals surface area contributed by atoms with E-state index in [9.17, 15) is 4.79 Å². The van der Waals surface area contributed by atoms with Gasteiger partial charge >= 0.3 is 6.09 Å². The van der Waals surface area contributed by atoms with E-state index in [-0.39, 0.29) is 12.1 Å². The summed E-state index contributed by atoms with van der Waals surface area (Å²) in [6.45, 7) is 3.21. The molecule has 0 aromatic heterocycles. The fourth-order valence-corrected chi connectivity index (χ4v) is 3.04. The van der Waals surface area contributed by atoms with Crippen molar-refractivity contribution in [2.75, 3.05) is 32.1 Å². The van der Waals surface area contributed by atoms with E-state index in [1.807, 2.05) is 0 Å². The number of halogens is 1. The molecule has 1 heterocycles. The van der Waals surface area contributed by atoms with Gasteiger partial charge in [0.25, 0.3) is 0 Å². The lowest BCUT2D eigenvalue weighted by Gasteiger charge is -2.21. The molecular weight excluding hydrogens is 272 g/mol. The predicted octanol–water partition coefficient (Wildman–Crippen LogP) is 1.59. The molecule has 1 atom stereocenters. The maximum Gasteiger partial charge on any atom is 0.407 e. The molecule has 2 rings (SSSR count). The lowest BCUT2D eigenvalue weighted by molar-refractivity contribution is 0.166. The van der Waals surface area contributed by atoms with Crippen LogP contribution in [-0.4, -0.2) is 49.1 Å². The van der Waals surface area contributed by atoms with Gasteiger partial charge in [-0.1, -0.05) is 15.9 Å². The van der Waals surface area contributed by atoms with Crippen LogP contribution in [0.2, 0.25) is 0 Å². The average molecular weight is 291 g/mol. The number of nitrogens with one attached hydrogen (secondary N) is 1. The van der Waals surface area contributed by atoms with Gasteiger partial charge in [0.05, 0.1) is 7.11 Å². The Balaban J connectivity index is 1.73. The highest BCUT2D eigenvalue weighted by Gasteiger charge is 2.43. The Morgan fingerprint density at radius 1 is 1.62 bits per heavy atom. The minimum Gasteiger partial charge on any atom is -0.453 e. The summed E-state index contributed by atoms with van der Waals surface area (Å²) in [6, 6.07) is 0.263. The molecule has 1 saturated heterocycles. The van der Waals surface area contributed by atoms with Gasteiger partial charge in [-0.2, -0.15) is 0 Å². The maximum absolute atomic E-state index is 11.1. The number of nitrogens with zero attached hydrogens (tertiary/aromatic N) is 1. The number of likely N-dealkylation sites (tertiary alicyclic amines) is 1. The zero-order chi connectivity index (χ0) is 11.6. The quantitative estimate of drug-likeness (QED) is 0.800. The van der Waals surface area contributed by atoms with Crippen LogP contribution in [0.15, 0.2) is 0 Å². The van der Waals surface area contributed by atoms with Gasteiger partial charge in [-0.3, -0.25) is 0 Å². The van der Waals surface area contributed by atoms with Crippen molar-refractivity contribution in [1.29, 1.82) is 0 Å². The normalized spacial score (nSPS) is 27.8. The van der Waals surface area contributed by atoms with Crippen molar-refractivity contribution in [1.82, 2.24) is 10.2 Å². The standard InChI is InChI=1S/C11H19BrN2O2/c1-16-10(15)13-9-2-5-14(6-9)8-11(7-12)3-4-11/h9H,2-8H2,1H3,(H,13,15). The molecule has 4 nitrogen and oxygen atoms in total. The molecule has 1 saturated carbocycles. The number of amides is 1. The summed E-state index contributed by atoms with van der Waals surface area (Å²) >= 11 is 3.59. The van der Waals surface area contributed by atoms with Crippen molar-refractivity contribution in [2.24, 2.45) is 5.41 Å². The van der Waals surface area contributed by atoms with Crippen molar-refractivity contribution < 1.29 is 9.53 Å². The van der Waals surface area contributed by atoms with Crippen molar-refractivity contribution in [3.05, 3.63) is 0 Å². The number of hydrogen-bond acceptors (Lipinski definition) is 3. The summed E-state index contributed by atoms with van der Waals surface area (Å²) < 4.78 is 4.61. The van der Waals surface area contributed by atoms with Crippen LogP contribution < -0.4 is 5.32 Å². The molecular formula is C11H19BrN2O2. The molecule has 1 aliphatic heterocycles. The molecule has 1 aliphatic carbocycles.